The van der Waals surface area contributed by atoms with E-state index in [1.807, 2.05) is 22.7 Å². The molecule has 8 aromatic rings. The van der Waals surface area contributed by atoms with E-state index in [2.05, 4.69) is 165 Å². The summed E-state index contributed by atoms with van der Waals surface area (Å²) in [5, 5.41) is 3.98. The van der Waals surface area contributed by atoms with E-state index >= 15 is 0 Å². The van der Waals surface area contributed by atoms with Gasteiger partial charge in [-0.2, -0.15) is 0 Å². The molecule has 0 unspecified atom stereocenters. The molecule has 0 N–H and O–H groups in total. The minimum atomic E-state index is 0.126. The Bertz CT molecular complexity index is 2750. The van der Waals surface area contributed by atoms with Crippen molar-refractivity contribution >= 4 is 109 Å². The molecule has 0 fully saturated rings. The van der Waals surface area contributed by atoms with E-state index in [0.717, 1.165) is 0 Å². The zero-order valence-corrected chi connectivity index (χ0v) is 31.0. The Morgan fingerprint density at radius 1 is 0.529 bits per heavy atom. The van der Waals surface area contributed by atoms with Crippen LogP contribution in [0.5, 0.6) is 0 Å². The molecule has 3 aliphatic rings. The van der Waals surface area contributed by atoms with Gasteiger partial charge < -0.3 is 9.80 Å². The first-order valence-corrected chi connectivity index (χ1v) is 19.8. The minimum Gasteiger partial charge on any atom is -0.311 e. The lowest BCUT2D eigenvalue weighted by Gasteiger charge is -2.45. The number of benzene rings is 6. The molecule has 0 saturated carbocycles. The van der Waals surface area contributed by atoms with Crippen molar-refractivity contribution < 1.29 is 0 Å². The van der Waals surface area contributed by atoms with Crippen LogP contribution in [0, 0.1) is 0 Å². The quantitative estimate of drug-likeness (QED) is 0.166. The fourth-order valence-electron chi connectivity index (χ4n) is 9.47. The highest BCUT2D eigenvalue weighted by molar-refractivity contribution is 7.33. The maximum atomic E-state index is 2.62. The predicted molar refractivity (Wildman–Crippen MR) is 224 cm³/mol. The van der Waals surface area contributed by atoms with Gasteiger partial charge in [0, 0.05) is 53.1 Å². The molecule has 5 heteroatoms. The Kier molecular flexibility index (Phi) is 6.07. The summed E-state index contributed by atoms with van der Waals surface area (Å²) in [6, 6.07) is 48.4. The fourth-order valence-corrected chi connectivity index (χ4v) is 12.0. The van der Waals surface area contributed by atoms with Gasteiger partial charge in [-0.15, -0.1) is 22.7 Å². The van der Waals surface area contributed by atoms with Crippen LogP contribution in [0.1, 0.15) is 51.7 Å². The van der Waals surface area contributed by atoms with Crippen LogP contribution in [0.15, 0.2) is 127 Å². The summed E-state index contributed by atoms with van der Waals surface area (Å²) in [5.41, 5.74) is 13.7. The van der Waals surface area contributed by atoms with Crippen molar-refractivity contribution in [3.63, 3.8) is 0 Å². The van der Waals surface area contributed by atoms with Gasteiger partial charge in [-0.05, 0) is 94.3 Å². The number of thiophene rings is 2. The molecule has 2 aliphatic heterocycles. The van der Waals surface area contributed by atoms with Gasteiger partial charge in [0.25, 0.3) is 6.71 Å². The second-order valence-electron chi connectivity index (χ2n) is 15.9. The van der Waals surface area contributed by atoms with Gasteiger partial charge in [-0.1, -0.05) is 107 Å². The van der Waals surface area contributed by atoms with Crippen LogP contribution >= 0.6 is 22.7 Å². The molecule has 0 radical (unpaired) electrons. The van der Waals surface area contributed by atoms with E-state index in [1.165, 1.54) is 104 Å². The lowest BCUT2D eigenvalue weighted by molar-refractivity contribution is 0.332. The van der Waals surface area contributed by atoms with Crippen molar-refractivity contribution in [3.8, 4) is 0 Å². The zero-order chi connectivity index (χ0) is 34.2. The summed E-state index contributed by atoms with van der Waals surface area (Å²) in [7, 11) is 0. The number of para-hydroxylation sites is 1. The van der Waals surface area contributed by atoms with Crippen molar-refractivity contribution in [2.24, 2.45) is 0 Å². The highest BCUT2D eigenvalue weighted by Crippen LogP contribution is 2.52. The molecule has 0 bridgehead atoms. The lowest BCUT2D eigenvalue weighted by Crippen LogP contribution is -2.60. The zero-order valence-electron chi connectivity index (χ0n) is 29.3. The first-order valence-electron chi connectivity index (χ1n) is 18.2. The Labute approximate surface area is 307 Å². The van der Waals surface area contributed by atoms with Gasteiger partial charge in [-0.3, -0.25) is 0 Å². The molecule has 51 heavy (non-hydrogen) atoms. The molecule has 246 valence electrons. The largest absolute Gasteiger partial charge is 0.311 e. The lowest BCUT2D eigenvalue weighted by atomic mass is 9.36. The van der Waals surface area contributed by atoms with E-state index < -0.39 is 0 Å². The van der Waals surface area contributed by atoms with Crippen molar-refractivity contribution in [2.45, 2.75) is 51.4 Å². The Hall–Kier alpha value is -4.84. The molecule has 0 spiro atoms. The minimum absolute atomic E-state index is 0.126. The van der Waals surface area contributed by atoms with Crippen LogP contribution in [-0.2, 0) is 10.8 Å². The molecular formula is C46H37BN2S2. The Balaban J connectivity index is 1.22. The summed E-state index contributed by atoms with van der Waals surface area (Å²) < 4.78 is 5.43. The van der Waals surface area contributed by atoms with Crippen LogP contribution < -0.4 is 25.5 Å². The van der Waals surface area contributed by atoms with Crippen LogP contribution in [0.25, 0.3) is 30.3 Å². The maximum Gasteiger partial charge on any atom is 0.264 e. The van der Waals surface area contributed by atoms with E-state index in [1.54, 1.807) is 0 Å². The summed E-state index contributed by atoms with van der Waals surface area (Å²) in [5.74, 6) is 0. The van der Waals surface area contributed by atoms with Gasteiger partial charge >= 0.3 is 0 Å². The van der Waals surface area contributed by atoms with E-state index in [0.29, 0.717) is 0 Å². The summed E-state index contributed by atoms with van der Waals surface area (Å²) in [4.78, 5) is 5.19. The first-order chi connectivity index (χ1) is 24.8. The molecule has 2 nitrogen and oxygen atoms in total. The summed E-state index contributed by atoms with van der Waals surface area (Å²) in [6.07, 6.45) is 2.41. The fraction of sp³-hybridized carbons (Fsp3) is 0.174. The molecule has 11 rings (SSSR count). The van der Waals surface area contributed by atoms with Crippen molar-refractivity contribution in [1.29, 1.82) is 0 Å². The van der Waals surface area contributed by atoms with Crippen molar-refractivity contribution in [3.05, 3.63) is 139 Å². The number of rotatable bonds is 2. The van der Waals surface area contributed by atoms with Gasteiger partial charge in [0.05, 0.1) is 16.1 Å². The average Bonchev–Trinajstić information content (AvgIpc) is 3.73. The molecule has 0 amide bonds. The Morgan fingerprint density at radius 2 is 1.14 bits per heavy atom. The van der Waals surface area contributed by atoms with Crippen LogP contribution in [0.4, 0.5) is 34.1 Å². The third kappa shape index (κ3) is 4.05. The molecule has 6 aromatic carbocycles. The van der Waals surface area contributed by atoms with Gasteiger partial charge in [0.1, 0.15) is 0 Å². The molecule has 0 atom stereocenters. The van der Waals surface area contributed by atoms with Crippen LogP contribution in [0.2, 0.25) is 0 Å². The number of nitrogens with zero attached hydrogens (tertiary/aromatic N) is 2. The monoisotopic (exact) mass is 692 g/mol. The van der Waals surface area contributed by atoms with Crippen molar-refractivity contribution in [1.82, 2.24) is 0 Å². The highest BCUT2D eigenvalue weighted by Gasteiger charge is 2.46. The molecule has 1 aliphatic carbocycles. The average molecular weight is 693 g/mol. The first kappa shape index (κ1) is 29.9. The van der Waals surface area contributed by atoms with E-state index in [-0.39, 0.29) is 17.5 Å². The topological polar surface area (TPSA) is 6.48 Å². The maximum absolute atomic E-state index is 2.62. The second-order valence-corrected chi connectivity index (χ2v) is 18.1. The second kappa shape index (κ2) is 10.4. The van der Waals surface area contributed by atoms with E-state index in [4.69, 9.17) is 0 Å². The normalized spacial score (nSPS) is 16.7. The molecule has 4 heterocycles. The van der Waals surface area contributed by atoms with Gasteiger partial charge in [0.15, 0.2) is 0 Å². The smallest absolute Gasteiger partial charge is 0.264 e. The van der Waals surface area contributed by atoms with Crippen molar-refractivity contribution in [2.75, 3.05) is 9.80 Å². The predicted octanol–water partition coefficient (Wildman–Crippen LogP) is 11.7. The number of anilines is 6. The SMILES string of the molecule is CC1(C)CCC(C)(C)c2cc(N3c4ccccc4B4c5sc6ccccc6c5N(c5cccc6c5sc5ccccc56)c5cccc3c54)ccc21. The van der Waals surface area contributed by atoms with Gasteiger partial charge in [0.2, 0.25) is 0 Å². The molecule has 0 saturated heterocycles. The van der Waals surface area contributed by atoms with Crippen LogP contribution in [-0.4, -0.2) is 6.71 Å². The standard InChI is InChI=1S/C46H37BN2S2/c1-45(2)25-26-46(3,4)33-27-28(23-24-32(33)45)48-35-17-8-7-16-34(35)47-41-36(48)18-12-19-37(41)49(42-31-14-6-10-22-40(31)51-44(42)47)38-20-11-15-30-29-13-5-9-21-39(29)50-43(30)38/h5-24,27H,25-26H2,1-4H3. The van der Waals surface area contributed by atoms with E-state index in [9.17, 15) is 0 Å². The van der Waals surface area contributed by atoms with Gasteiger partial charge in [-0.25, -0.2) is 0 Å². The third-order valence-corrected chi connectivity index (χ3v) is 14.6. The summed E-state index contributed by atoms with van der Waals surface area (Å²) >= 11 is 3.88. The highest BCUT2D eigenvalue weighted by atomic mass is 32.1. The third-order valence-electron chi connectivity index (χ3n) is 12.1. The number of fused-ring (bicyclic) bond motifs is 10. The summed E-state index contributed by atoms with van der Waals surface area (Å²) in [6.45, 7) is 9.85. The Morgan fingerprint density at radius 3 is 1.96 bits per heavy atom. The number of hydrogen-bond donors (Lipinski definition) is 0. The molecular weight excluding hydrogens is 655 g/mol. The number of hydrogen-bond acceptors (Lipinski definition) is 4. The van der Waals surface area contributed by atoms with Crippen LogP contribution in [0.3, 0.4) is 0 Å². The molecule has 2 aromatic heterocycles.